The van der Waals surface area contributed by atoms with E-state index in [4.69, 9.17) is 9.47 Å². The maximum Gasteiger partial charge on any atom is 0.140 e. The van der Waals surface area contributed by atoms with Crippen LogP contribution in [-0.4, -0.2) is 0 Å². The summed E-state index contributed by atoms with van der Waals surface area (Å²) in [4.78, 5) is 0. The first-order valence-electron chi connectivity index (χ1n) is 14.5. The van der Waals surface area contributed by atoms with Crippen molar-refractivity contribution in [1.82, 2.24) is 0 Å². The van der Waals surface area contributed by atoms with Gasteiger partial charge in [-0.25, -0.2) is 0 Å². The van der Waals surface area contributed by atoms with Crippen LogP contribution in [0, 0.1) is 0 Å². The second-order valence-corrected chi connectivity index (χ2v) is 13.0. The highest BCUT2D eigenvalue weighted by Crippen LogP contribution is 2.55. The Hall–Kier alpha value is -5.17. The van der Waals surface area contributed by atoms with Gasteiger partial charge in [-0.15, -0.1) is 0 Å². The average molecular weight is 569 g/mol. The predicted octanol–water partition coefficient (Wildman–Crippen LogP) is 9.81. The number of fused-ring (bicyclic) bond motifs is 6. The summed E-state index contributed by atoms with van der Waals surface area (Å²) in [6, 6.07) is 53.8. The first-order chi connectivity index (χ1) is 21.3. The molecule has 0 bridgehead atoms. The van der Waals surface area contributed by atoms with Crippen molar-refractivity contribution in [2.24, 2.45) is 0 Å². The molecule has 2 aliphatic rings. The largest absolute Gasteiger partial charge is 0.456 e. The standard InChI is InChI=1S/C40H25O2P/c1-3-11-26(12-4-1)29-21-30(27-13-5-2-6-14-27)23-31(22-29)32-24-36-40-37(25-32)42-35-20-19-28-15-7-8-16-33(28)39(35)43(40)38-18-10-9-17-34(38)41-36/h1-25H. The Labute approximate surface area is 251 Å². The SMILES string of the molecule is c1ccc(-c2cc(-c3ccccc3)cc(-c3cc4c5c(c3)Oc3ccc6ccccc6c3P5c3ccccc3O4)c2)cc1. The highest BCUT2D eigenvalue weighted by molar-refractivity contribution is 7.81. The third kappa shape index (κ3) is 3.99. The minimum absolute atomic E-state index is 0.867. The van der Waals surface area contributed by atoms with Gasteiger partial charge < -0.3 is 9.47 Å². The minimum Gasteiger partial charge on any atom is -0.456 e. The van der Waals surface area contributed by atoms with E-state index < -0.39 is 7.92 Å². The molecule has 0 N–H and O–H groups in total. The molecular formula is C40H25O2P. The van der Waals surface area contributed by atoms with Crippen LogP contribution < -0.4 is 25.4 Å². The molecule has 9 rings (SSSR count). The average Bonchev–Trinajstić information content (AvgIpc) is 3.08. The fourth-order valence-electron chi connectivity index (χ4n) is 6.38. The molecule has 0 aliphatic carbocycles. The lowest BCUT2D eigenvalue weighted by Gasteiger charge is -2.35. The molecule has 0 aromatic heterocycles. The van der Waals surface area contributed by atoms with Gasteiger partial charge in [-0.1, -0.05) is 109 Å². The fourth-order valence-corrected chi connectivity index (χ4v) is 9.11. The maximum atomic E-state index is 6.78. The second-order valence-electron chi connectivity index (χ2n) is 11.0. The van der Waals surface area contributed by atoms with Crippen molar-refractivity contribution in [2.75, 3.05) is 0 Å². The molecule has 7 aromatic rings. The minimum atomic E-state index is -0.867. The van der Waals surface area contributed by atoms with Crippen LogP contribution in [0.15, 0.2) is 152 Å². The van der Waals surface area contributed by atoms with Gasteiger partial charge in [0.25, 0.3) is 0 Å². The summed E-state index contributed by atoms with van der Waals surface area (Å²) in [7, 11) is -0.867. The molecule has 2 nitrogen and oxygen atoms in total. The summed E-state index contributed by atoms with van der Waals surface area (Å²) in [6.45, 7) is 0. The normalized spacial score (nSPS) is 14.2. The third-order valence-electron chi connectivity index (χ3n) is 8.38. The predicted molar refractivity (Wildman–Crippen MR) is 179 cm³/mol. The van der Waals surface area contributed by atoms with Crippen LogP contribution in [0.1, 0.15) is 0 Å². The summed E-state index contributed by atoms with van der Waals surface area (Å²) in [5.74, 6) is 3.61. The van der Waals surface area contributed by atoms with Gasteiger partial charge in [0.05, 0.1) is 5.30 Å². The fraction of sp³-hybridized carbons (Fsp3) is 0. The molecule has 202 valence electrons. The van der Waals surface area contributed by atoms with Crippen LogP contribution in [0.5, 0.6) is 23.0 Å². The molecule has 0 radical (unpaired) electrons. The monoisotopic (exact) mass is 568 g/mol. The molecule has 2 aliphatic heterocycles. The van der Waals surface area contributed by atoms with Gasteiger partial charge in [-0.2, -0.15) is 0 Å². The Bertz CT molecular complexity index is 2110. The first-order valence-corrected chi connectivity index (χ1v) is 15.9. The molecule has 0 spiro atoms. The van der Waals surface area contributed by atoms with Crippen molar-refractivity contribution in [2.45, 2.75) is 0 Å². The Morgan fingerprint density at radius 1 is 0.349 bits per heavy atom. The van der Waals surface area contributed by atoms with E-state index in [1.54, 1.807) is 0 Å². The molecule has 7 aromatic carbocycles. The van der Waals surface area contributed by atoms with E-state index >= 15 is 0 Å². The van der Waals surface area contributed by atoms with E-state index in [1.807, 2.05) is 0 Å². The number of rotatable bonds is 3. The van der Waals surface area contributed by atoms with Gasteiger partial charge in [0, 0.05) is 18.5 Å². The second kappa shape index (κ2) is 9.70. The van der Waals surface area contributed by atoms with Gasteiger partial charge in [0.1, 0.15) is 23.0 Å². The van der Waals surface area contributed by atoms with Gasteiger partial charge in [-0.05, 0) is 86.6 Å². The van der Waals surface area contributed by atoms with Crippen molar-refractivity contribution < 1.29 is 9.47 Å². The van der Waals surface area contributed by atoms with E-state index in [9.17, 15) is 0 Å². The molecule has 3 heteroatoms. The number of benzene rings is 7. The van der Waals surface area contributed by atoms with E-state index in [0.29, 0.717) is 0 Å². The molecule has 43 heavy (non-hydrogen) atoms. The number of hydrogen-bond acceptors (Lipinski definition) is 2. The summed E-state index contributed by atoms with van der Waals surface area (Å²) in [6.07, 6.45) is 0. The van der Waals surface area contributed by atoms with Crippen molar-refractivity contribution in [1.29, 1.82) is 0 Å². The van der Waals surface area contributed by atoms with Crippen LogP contribution in [0.4, 0.5) is 0 Å². The van der Waals surface area contributed by atoms with Crippen molar-refractivity contribution in [3.05, 3.63) is 152 Å². The summed E-state index contributed by atoms with van der Waals surface area (Å²) in [5.41, 5.74) is 6.92. The molecule has 0 saturated heterocycles. The lowest BCUT2D eigenvalue weighted by molar-refractivity contribution is 0.467. The van der Waals surface area contributed by atoms with E-state index in [-0.39, 0.29) is 0 Å². The Morgan fingerprint density at radius 2 is 0.884 bits per heavy atom. The first kappa shape index (κ1) is 24.4. The van der Waals surface area contributed by atoms with Crippen LogP contribution in [0.3, 0.4) is 0 Å². The highest BCUT2D eigenvalue weighted by atomic mass is 31.1. The molecule has 1 unspecified atom stereocenters. The van der Waals surface area contributed by atoms with Gasteiger partial charge in [0.15, 0.2) is 0 Å². The van der Waals surface area contributed by atoms with Crippen molar-refractivity contribution in [3.8, 4) is 56.4 Å². The summed E-state index contributed by atoms with van der Waals surface area (Å²) < 4.78 is 13.5. The molecule has 0 amide bonds. The van der Waals surface area contributed by atoms with Crippen molar-refractivity contribution >= 4 is 34.6 Å². The number of ether oxygens (including phenoxy) is 2. The van der Waals surface area contributed by atoms with Crippen LogP contribution in [-0.2, 0) is 0 Å². The number of para-hydroxylation sites is 1. The van der Waals surface area contributed by atoms with Gasteiger partial charge in [-0.3, -0.25) is 0 Å². The number of hydrogen-bond donors (Lipinski definition) is 0. The van der Waals surface area contributed by atoms with E-state index in [0.717, 1.165) is 39.4 Å². The summed E-state index contributed by atoms with van der Waals surface area (Å²) >= 11 is 0. The Balaban J connectivity index is 1.28. The van der Waals surface area contributed by atoms with E-state index in [1.165, 1.54) is 43.6 Å². The van der Waals surface area contributed by atoms with E-state index in [2.05, 4.69) is 152 Å². The lowest BCUT2D eigenvalue weighted by Crippen LogP contribution is -2.32. The summed E-state index contributed by atoms with van der Waals surface area (Å²) in [5, 5.41) is 6.12. The molecule has 1 atom stereocenters. The zero-order valence-electron chi connectivity index (χ0n) is 23.2. The molecule has 0 fully saturated rings. The van der Waals surface area contributed by atoms with Gasteiger partial charge >= 0.3 is 0 Å². The third-order valence-corrected chi connectivity index (χ3v) is 11.0. The van der Waals surface area contributed by atoms with Crippen LogP contribution >= 0.6 is 7.92 Å². The zero-order chi connectivity index (χ0) is 28.3. The molecule has 2 heterocycles. The molecule has 0 saturated carbocycles. The van der Waals surface area contributed by atoms with Gasteiger partial charge in [0.2, 0.25) is 0 Å². The van der Waals surface area contributed by atoms with Crippen molar-refractivity contribution in [3.63, 3.8) is 0 Å². The zero-order valence-corrected chi connectivity index (χ0v) is 24.1. The quantitative estimate of drug-likeness (QED) is 0.198. The topological polar surface area (TPSA) is 18.5 Å². The molecular weight excluding hydrogens is 543 g/mol. The van der Waals surface area contributed by atoms with Crippen LogP contribution in [0.25, 0.3) is 44.2 Å². The van der Waals surface area contributed by atoms with Crippen LogP contribution in [0.2, 0.25) is 0 Å². The highest BCUT2D eigenvalue weighted by Gasteiger charge is 2.38. The smallest absolute Gasteiger partial charge is 0.140 e. The Kier molecular flexibility index (Phi) is 5.51. The lowest BCUT2D eigenvalue weighted by atomic mass is 9.93. The maximum absolute atomic E-state index is 6.78. The Morgan fingerprint density at radius 3 is 1.58 bits per heavy atom.